The Balaban J connectivity index is 1.55. The zero-order valence-corrected chi connectivity index (χ0v) is 15.1. The molecule has 1 aromatic heterocycles. The molecule has 2 heterocycles. The lowest BCUT2D eigenvalue weighted by Crippen LogP contribution is -2.29. The first kappa shape index (κ1) is 17.5. The fourth-order valence-corrected chi connectivity index (χ4v) is 3.55. The van der Waals surface area contributed by atoms with Gasteiger partial charge in [-0.25, -0.2) is 9.37 Å². The molecule has 1 amide bonds. The summed E-state index contributed by atoms with van der Waals surface area (Å²) >= 11 is 0. The first-order valence-electron chi connectivity index (χ1n) is 9.38. The van der Waals surface area contributed by atoms with E-state index in [0.29, 0.717) is 18.5 Å². The Morgan fingerprint density at radius 1 is 1.07 bits per heavy atom. The van der Waals surface area contributed by atoms with E-state index in [1.165, 1.54) is 12.1 Å². The Morgan fingerprint density at radius 2 is 1.89 bits per heavy atom. The van der Waals surface area contributed by atoms with Gasteiger partial charge in [0, 0.05) is 25.0 Å². The number of amides is 1. The van der Waals surface area contributed by atoms with Crippen LogP contribution in [-0.4, -0.2) is 30.5 Å². The minimum atomic E-state index is -0.256. The molecule has 0 aliphatic carbocycles. The molecule has 5 heteroatoms. The first-order chi connectivity index (χ1) is 13.2. The third-order valence-corrected chi connectivity index (χ3v) is 4.94. The standard InChI is InChI=1S/C22H22FN3O/c23-18-8-5-6-16(14-18)10-11-24-22(27)19-15-17-7-1-2-9-20(17)25-21(19)26-12-3-4-13-26/h1-2,5-9,14-15H,3-4,10-13H2,(H,24,27). The van der Waals surface area contributed by atoms with Crippen molar-refractivity contribution >= 4 is 22.6 Å². The van der Waals surface area contributed by atoms with Crippen molar-refractivity contribution in [2.24, 2.45) is 0 Å². The molecule has 0 atom stereocenters. The van der Waals surface area contributed by atoms with Crippen molar-refractivity contribution < 1.29 is 9.18 Å². The maximum atomic E-state index is 13.3. The van der Waals surface area contributed by atoms with Gasteiger partial charge in [-0.1, -0.05) is 30.3 Å². The maximum absolute atomic E-state index is 13.3. The smallest absolute Gasteiger partial charge is 0.255 e. The fourth-order valence-electron chi connectivity index (χ4n) is 3.55. The van der Waals surface area contributed by atoms with Crippen molar-refractivity contribution in [1.29, 1.82) is 0 Å². The third kappa shape index (κ3) is 3.92. The number of hydrogen-bond acceptors (Lipinski definition) is 3. The fraction of sp³-hybridized carbons (Fsp3) is 0.273. The molecule has 1 fully saturated rings. The van der Waals surface area contributed by atoms with Crippen LogP contribution in [-0.2, 0) is 6.42 Å². The number of para-hydroxylation sites is 1. The van der Waals surface area contributed by atoms with E-state index < -0.39 is 0 Å². The number of hydrogen-bond donors (Lipinski definition) is 1. The Morgan fingerprint density at radius 3 is 2.70 bits per heavy atom. The predicted octanol–water partition coefficient (Wildman–Crippen LogP) is 3.95. The van der Waals surface area contributed by atoms with Gasteiger partial charge >= 0.3 is 0 Å². The number of rotatable bonds is 5. The van der Waals surface area contributed by atoms with Crippen molar-refractivity contribution in [3.8, 4) is 0 Å². The van der Waals surface area contributed by atoms with E-state index in [9.17, 15) is 9.18 Å². The summed E-state index contributed by atoms with van der Waals surface area (Å²) in [6.45, 7) is 2.30. The van der Waals surface area contributed by atoms with Crippen molar-refractivity contribution in [3.63, 3.8) is 0 Å². The minimum absolute atomic E-state index is 0.133. The molecule has 2 aromatic carbocycles. The number of nitrogens with one attached hydrogen (secondary N) is 1. The van der Waals surface area contributed by atoms with E-state index in [1.54, 1.807) is 6.07 Å². The van der Waals surface area contributed by atoms with Crippen LogP contribution in [0.2, 0.25) is 0 Å². The largest absolute Gasteiger partial charge is 0.356 e. The summed E-state index contributed by atoms with van der Waals surface area (Å²) in [6.07, 6.45) is 2.83. The summed E-state index contributed by atoms with van der Waals surface area (Å²) in [5.41, 5.74) is 2.37. The number of aromatic nitrogens is 1. The summed E-state index contributed by atoms with van der Waals surface area (Å²) in [6, 6.07) is 16.2. The summed E-state index contributed by atoms with van der Waals surface area (Å²) in [5, 5.41) is 3.92. The molecule has 4 rings (SSSR count). The number of benzene rings is 2. The number of anilines is 1. The highest BCUT2D eigenvalue weighted by molar-refractivity contribution is 6.02. The Kier molecular flexibility index (Phi) is 5.01. The van der Waals surface area contributed by atoms with E-state index in [1.807, 2.05) is 36.4 Å². The van der Waals surface area contributed by atoms with Crippen LogP contribution in [0.15, 0.2) is 54.6 Å². The van der Waals surface area contributed by atoms with Crippen molar-refractivity contribution in [3.05, 3.63) is 71.5 Å². The van der Waals surface area contributed by atoms with Crippen LogP contribution in [0.3, 0.4) is 0 Å². The van der Waals surface area contributed by atoms with Crippen LogP contribution in [0, 0.1) is 5.82 Å². The van der Waals surface area contributed by atoms with E-state index >= 15 is 0 Å². The molecule has 1 N–H and O–H groups in total. The normalized spacial score (nSPS) is 13.9. The zero-order chi connectivity index (χ0) is 18.6. The maximum Gasteiger partial charge on any atom is 0.255 e. The SMILES string of the molecule is O=C(NCCc1cccc(F)c1)c1cc2ccccc2nc1N1CCCC1. The molecular weight excluding hydrogens is 341 g/mol. The molecule has 1 aliphatic rings. The summed E-state index contributed by atoms with van der Waals surface area (Å²) in [7, 11) is 0. The summed E-state index contributed by atoms with van der Waals surface area (Å²) in [4.78, 5) is 19.8. The van der Waals surface area contributed by atoms with Crippen LogP contribution >= 0.6 is 0 Å². The third-order valence-electron chi connectivity index (χ3n) is 4.94. The molecule has 0 spiro atoms. The quantitative estimate of drug-likeness (QED) is 0.747. The van der Waals surface area contributed by atoms with E-state index in [0.717, 1.165) is 48.2 Å². The highest BCUT2D eigenvalue weighted by Crippen LogP contribution is 2.26. The summed E-state index contributed by atoms with van der Waals surface area (Å²) in [5.74, 6) is 0.370. The van der Waals surface area contributed by atoms with Gasteiger partial charge in [0.1, 0.15) is 11.6 Å². The molecule has 0 bridgehead atoms. The first-order valence-corrected chi connectivity index (χ1v) is 9.38. The van der Waals surface area contributed by atoms with Crippen LogP contribution < -0.4 is 10.2 Å². The monoisotopic (exact) mass is 363 g/mol. The van der Waals surface area contributed by atoms with Gasteiger partial charge in [-0.2, -0.15) is 0 Å². The minimum Gasteiger partial charge on any atom is -0.356 e. The number of carbonyl (C=O) groups excluding carboxylic acids is 1. The average molecular weight is 363 g/mol. The highest BCUT2D eigenvalue weighted by Gasteiger charge is 2.21. The molecular formula is C22H22FN3O. The van der Waals surface area contributed by atoms with Gasteiger partial charge in [0.05, 0.1) is 11.1 Å². The molecule has 3 aromatic rings. The molecule has 0 radical (unpaired) electrons. The van der Waals surface area contributed by atoms with E-state index in [-0.39, 0.29) is 11.7 Å². The average Bonchev–Trinajstić information content (AvgIpc) is 3.21. The van der Waals surface area contributed by atoms with Gasteiger partial charge in [-0.15, -0.1) is 0 Å². The lowest BCUT2D eigenvalue weighted by molar-refractivity contribution is 0.0954. The lowest BCUT2D eigenvalue weighted by atomic mass is 10.1. The Hall–Kier alpha value is -2.95. The molecule has 4 nitrogen and oxygen atoms in total. The molecule has 1 aliphatic heterocycles. The predicted molar refractivity (Wildman–Crippen MR) is 106 cm³/mol. The lowest BCUT2D eigenvalue weighted by Gasteiger charge is -2.20. The van der Waals surface area contributed by atoms with Crippen molar-refractivity contribution in [2.75, 3.05) is 24.5 Å². The van der Waals surface area contributed by atoms with Gasteiger partial charge in [0.2, 0.25) is 0 Å². The molecule has 138 valence electrons. The topological polar surface area (TPSA) is 45.2 Å². The van der Waals surface area contributed by atoms with Crippen LogP contribution in [0.4, 0.5) is 10.2 Å². The zero-order valence-electron chi connectivity index (χ0n) is 15.1. The molecule has 0 saturated carbocycles. The molecule has 0 unspecified atom stereocenters. The number of carbonyl (C=O) groups is 1. The van der Waals surface area contributed by atoms with Crippen molar-refractivity contribution in [1.82, 2.24) is 10.3 Å². The van der Waals surface area contributed by atoms with Gasteiger partial charge in [-0.3, -0.25) is 4.79 Å². The van der Waals surface area contributed by atoms with Gasteiger partial charge in [-0.05, 0) is 49.1 Å². The van der Waals surface area contributed by atoms with E-state index in [4.69, 9.17) is 4.98 Å². The van der Waals surface area contributed by atoms with Crippen LogP contribution in [0.1, 0.15) is 28.8 Å². The van der Waals surface area contributed by atoms with Crippen molar-refractivity contribution in [2.45, 2.75) is 19.3 Å². The number of pyridine rings is 1. The Labute approximate surface area is 158 Å². The van der Waals surface area contributed by atoms with Crippen LogP contribution in [0.5, 0.6) is 0 Å². The van der Waals surface area contributed by atoms with Crippen LogP contribution in [0.25, 0.3) is 10.9 Å². The summed E-state index contributed by atoms with van der Waals surface area (Å²) < 4.78 is 13.3. The molecule has 1 saturated heterocycles. The number of nitrogens with zero attached hydrogens (tertiary/aromatic N) is 2. The van der Waals surface area contributed by atoms with Gasteiger partial charge in [0.15, 0.2) is 0 Å². The molecule has 27 heavy (non-hydrogen) atoms. The Bertz CT molecular complexity index is 967. The number of fused-ring (bicyclic) bond motifs is 1. The van der Waals surface area contributed by atoms with Gasteiger partial charge in [0.25, 0.3) is 5.91 Å². The van der Waals surface area contributed by atoms with Gasteiger partial charge < -0.3 is 10.2 Å². The number of halogens is 1. The second-order valence-corrected chi connectivity index (χ2v) is 6.88. The second-order valence-electron chi connectivity index (χ2n) is 6.88. The second kappa shape index (κ2) is 7.74. The highest BCUT2D eigenvalue weighted by atomic mass is 19.1. The van der Waals surface area contributed by atoms with E-state index in [2.05, 4.69) is 10.2 Å².